The second-order valence-corrected chi connectivity index (χ2v) is 10.5. The lowest BCUT2D eigenvalue weighted by Crippen LogP contribution is -2.80. The average molecular weight is 880 g/mol. The van der Waals surface area contributed by atoms with E-state index in [-0.39, 0.29) is 6.26 Å². The summed E-state index contributed by atoms with van der Waals surface area (Å²) in [6.45, 7) is 0. The standard InChI is InChI=1S/C18H5F33S/c1-52-2-3(19,20)4(21,22)5(23,24)6(25,26)7(27,28)8(29,30)9(31,32)10(33,34)11(35,36)12(37,38)13(39,40)14(41,42)15(43,44)16(45,46)17(47,48)18(49,50)51/h2H2,1H3. The van der Waals surface area contributed by atoms with Crippen molar-refractivity contribution >= 4 is 11.8 Å². The molecule has 34 heteroatoms. The quantitative estimate of drug-likeness (QED) is 0.139. The first-order valence-electron chi connectivity index (χ1n) is 11.0. The summed E-state index contributed by atoms with van der Waals surface area (Å²) in [5, 5.41) is 0. The molecule has 0 aromatic carbocycles. The minimum absolute atomic E-state index is 0.186. The van der Waals surface area contributed by atoms with Crippen molar-refractivity contribution in [3.8, 4) is 0 Å². The number of hydrogen-bond acceptors (Lipinski definition) is 1. The van der Waals surface area contributed by atoms with Gasteiger partial charge in [0, 0.05) is 0 Å². The summed E-state index contributed by atoms with van der Waals surface area (Å²) in [7, 11) is 0. The fraction of sp³-hybridized carbons (Fsp3) is 1.00. The second-order valence-electron chi connectivity index (χ2n) is 9.68. The van der Waals surface area contributed by atoms with Crippen LogP contribution in [-0.4, -0.2) is 107 Å². The van der Waals surface area contributed by atoms with Gasteiger partial charge in [0.1, 0.15) is 0 Å². The summed E-state index contributed by atoms with van der Waals surface area (Å²) < 4.78 is 443. The molecular formula is C18H5F33S. The van der Waals surface area contributed by atoms with E-state index in [9.17, 15) is 145 Å². The van der Waals surface area contributed by atoms with E-state index in [2.05, 4.69) is 0 Å². The summed E-state index contributed by atoms with van der Waals surface area (Å²) in [6, 6.07) is 0. The molecule has 0 amide bonds. The highest BCUT2D eigenvalue weighted by atomic mass is 32.2. The Labute approximate surface area is 265 Å². The summed E-state index contributed by atoms with van der Waals surface area (Å²) in [5.74, 6) is -145. The van der Waals surface area contributed by atoms with E-state index in [1.54, 1.807) is 0 Å². The SMILES string of the molecule is CSCC(F)(F)C(F)(F)C(F)(F)C(F)(F)C(F)(F)C(F)(F)C(F)(F)C(F)(F)C(F)(F)C(F)(F)C(F)(F)C(F)(F)C(F)(F)C(F)(F)C(F)(F)C(F)(F)F. The topological polar surface area (TPSA) is 0 Å². The van der Waals surface area contributed by atoms with Crippen molar-refractivity contribution in [2.45, 2.75) is 95.0 Å². The lowest BCUT2D eigenvalue weighted by molar-refractivity contribution is -0.490. The van der Waals surface area contributed by atoms with E-state index in [4.69, 9.17) is 0 Å². The van der Waals surface area contributed by atoms with E-state index in [1.165, 1.54) is 0 Å². The van der Waals surface area contributed by atoms with Crippen molar-refractivity contribution in [1.82, 2.24) is 0 Å². The van der Waals surface area contributed by atoms with Crippen molar-refractivity contribution < 1.29 is 145 Å². The third-order valence-corrected chi connectivity index (χ3v) is 6.92. The molecule has 0 aromatic rings. The second kappa shape index (κ2) is 12.3. The highest BCUT2D eigenvalue weighted by Gasteiger charge is 3.01. The maximum absolute atomic E-state index is 13.8. The minimum Gasteiger partial charge on any atom is -0.199 e. The predicted octanol–water partition coefficient (Wildman–Crippen LogP) is 11.4. The zero-order valence-electron chi connectivity index (χ0n) is 22.6. The van der Waals surface area contributed by atoms with Gasteiger partial charge in [0.15, 0.2) is 0 Å². The van der Waals surface area contributed by atoms with Crippen LogP contribution in [-0.2, 0) is 0 Å². The highest BCUT2D eigenvalue weighted by molar-refractivity contribution is 7.98. The number of thioether (sulfide) groups is 1. The van der Waals surface area contributed by atoms with Crippen LogP contribution in [0.5, 0.6) is 0 Å². The first-order valence-corrected chi connectivity index (χ1v) is 12.4. The molecular weight excluding hydrogens is 875 g/mol. The van der Waals surface area contributed by atoms with Crippen molar-refractivity contribution in [3.05, 3.63) is 0 Å². The number of halogens is 33. The van der Waals surface area contributed by atoms with Crippen LogP contribution < -0.4 is 0 Å². The molecule has 0 aromatic heterocycles. The van der Waals surface area contributed by atoms with E-state index in [0.29, 0.717) is 0 Å². The fourth-order valence-electron chi connectivity index (χ4n) is 3.05. The van der Waals surface area contributed by atoms with Crippen LogP contribution in [0.2, 0.25) is 0 Å². The Balaban J connectivity index is 7.71. The molecule has 0 fully saturated rings. The molecule has 0 N–H and O–H groups in total. The van der Waals surface area contributed by atoms with Crippen LogP contribution in [0.25, 0.3) is 0 Å². The lowest BCUT2D eigenvalue weighted by atomic mass is 9.82. The highest BCUT2D eigenvalue weighted by Crippen LogP contribution is 2.69. The van der Waals surface area contributed by atoms with Crippen LogP contribution in [0.4, 0.5) is 145 Å². The maximum Gasteiger partial charge on any atom is 0.460 e. The lowest BCUT2D eigenvalue weighted by Gasteiger charge is -2.46. The maximum atomic E-state index is 13.8. The van der Waals surface area contributed by atoms with E-state index in [0.717, 1.165) is 0 Å². The molecule has 0 spiro atoms. The molecule has 0 aliphatic carbocycles. The summed E-state index contributed by atoms with van der Waals surface area (Å²) in [5.41, 5.74) is 0. The van der Waals surface area contributed by atoms with Crippen molar-refractivity contribution in [1.29, 1.82) is 0 Å². The van der Waals surface area contributed by atoms with Gasteiger partial charge < -0.3 is 0 Å². The average Bonchev–Trinajstić information content (AvgIpc) is 2.90. The van der Waals surface area contributed by atoms with Crippen LogP contribution in [0.15, 0.2) is 0 Å². The Morgan fingerprint density at radius 3 is 0.500 bits per heavy atom. The van der Waals surface area contributed by atoms with Gasteiger partial charge in [0.05, 0.1) is 5.75 Å². The zero-order valence-corrected chi connectivity index (χ0v) is 23.4. The van der Waals surface area contributed by atoms with E-state index in [1.807, 2.05) is 0 Å². The Kier molecular flexibility index (Phi) is 11.8. The normalized spacial score (nSPS) is 17.2. The van der Waals surface area contributed by atoms with Crippen molar-refractivity contribution in [2.75, 3.05) is 12.0 Å². The molecule has 52 heavy (non-hydrogen) atoms. The molecule has 0 atom stereocenters. The molecule has 314 valence electrons. The van der Waals surface area contributed by atoms with Crippen LogP contribution in [0.1, 0.15) is 0 Å². The van der Waals surface area contributed by atoms with Crippen molar-refractivity contribution in [2.24, 2.45) is 0 Å². The number of alkyl halides is 33. The Hall–Kier alpha value is -1.96. The minimum atomic E-state index is -10.2. The Morgan fingerprint density at radius 2 is 0.365 bits per heavy atom. The third-order valence-electron chi connectivity index (χ3n) is 6.27. The monoisotopic (exact) mass is 880 g/mol. The summed E-state index contributed by atoms with van der Waals surface area (Å²) >= 11 is -0.811. The van der Waals surface area contributed by atoms with Crippen LogP contribution >= 0.6 is 11.8 Å². The van der Waals surface area contributed by atoms with E-state index >= 15 is 0 Å². The first kappa shape index (κ1) is 50.0. The van der Waals surface area contributed by atoms with Gasteiger partial charge in [0.2, 0.25) is 0 Å². The molecule has 0 nitrogen and oxygen atoms in total. The molecule has 0 rings (SSSR count). The van der Waals surface area contributed by atoms with E-state index < -0.39 is 113 Å². The van der Waals surface area contributed by atoms with Crippen molar-refractivity contribution in [3.63, 3.8) is 0 Å². The van der Waals surface area contributed by atoms with Gasteiger partial charge in [-0.25, -0.2) is 0 Å². The summed E-state index contributed by atoms with van der Waals surface area (Å²) in [6.07, 6.45) is -8.19. The molecule has 0 aliphatic rings. The summed E-state index contributed by atoms with van der Waals surface area (Å²) in [4.78, 5) is 0. The molecule has 0 bridgehead atoms. The molecule has 0 aliphatic heterocycles. The zero-order chi connectivity index (χ0) is 43.4. The van der Waals surface area contributed by atoms with Gasteiger partial charge in [-0.05, 0) is 6.26 Å². The largest absolute Gasteiger partial charge is 0.460 e. The number of rotatable bonds is 16. The predicted molar refractivity (Wildman–Crippen MR) is 98.6 cm³/mol. The fourth-order valence-corrected chi connectivity index (χ4v) is 3.59. The first-order chi connectivity index (χ1) is 21.8. The smallest absolute Gasteiger partial charge is 0.199 e. The third kappa shape index (κ3) is 5.66. The van der Waals surface area contributed by atoms with Gasteiger partial charge in [-0.1, -0.05) is 0 Å². The van der Waals surface area contributed by atoms with Gasteiger partial charge in [-0.3, -0.25) is 0 Å². The van der Waals surface area contributed by atoms with Gasteiger partial charge >= 0.3 is 95.0 Å². The Morgan fingerprint density at radius 1 is 0.231 bits per heavy atom. The molecule has 0 saturated heterocycles. The molecule has 0 heterocycles. The van der Waals surface area contributed by atoms with Gasteiger partial charge in [0.25, 0.3) is 0 Å². The molecule has 0 saturated carbocycles. The van der Waals surface area contributed by atoms with Gasteiger partial charge in [-0.15, -0.1) is 0 Å². The molecule has 0 unspecified atom stereocenters. The van der Waals surface area contributed by atoms with Crippen LogP contribution in [0, 0.1) is 0 Å². The Bertz CT molecular complexity index is 1280. The van der Waals surface area contributed by atoms with Gasteiger partial charge in [-0.2, -0.15) is 157 Å². The number of hydrogen-bond donors (Lipinski definition) is 0. The molecule has 0 radical (unpaired) electrons. The van der Waals surface area contributed by atoms with Crippen LogP contribution in [0.3, 0.4) is 0 Å².